The van der Waals surface area contributed by atoms with Gasteiger partial charge in [-0.15, -0.1) is 0 Å². The van der Waals surface area contributed by atoms with Crippen LogP contribution in [-0.4, -0.2) is 6.04 Å². The van der Waals surface area contributed by atoms with E-state index in [4.69, 9.17) is 4.42 Å². The molecule has 1 aliphatic rings. The van der Waals surface area contributed by atoms with Gasteiger partial charge in [0.2, 0.25) is 0 Å². The standard InChI is InChI=1S/C14H23NO/c1-10-6-11(2)8-13(7-10)15-9-14-5-4-12(3)16-14/h4-5,10-11,13,15H,6-9H2,1-3H3. The zero-order valence-corrected chi connectivity index (χ0v) is 10.6. The second kappa shape index (κ2) is 5.05. The number of aryl methyl sites for hydroxylation is 1. The summed E-state index contributed by atoms with van der Waals surface area (Å²) in [6.07, 6.45) is 4.01. The van der Waals surface area contributed by atoms with E-state index >= 15 is 0 Å². The molecule has 0 radical (unpaired) electrons. The van der Waals surface area contributed by atoms with Crippen LogP contribution in [0.15, 0.2) is 16.5 Å². The lowest BCUT2D eigenvalue weighted by Gasteiger charge is -2.31. The lowest BCUT2D eigenvalue weighted by Crippen LogP contribution is -2.35. The van der Waals surface area contributed by atoms with Crippen LogP contribution >= 0.6 is 0 Å². The maximum absolute atomic E-state index is 5.57. The van der Waals surface area contributed by atoms with Crippen LogP contribution in [0.4, 0.5) is 0 Å². The fourth-order valence-corrected chi connectivity index (χ4v) is 2.94. The minimum atomic E-state index is 0.671. The summed E-state index contributed by atoms with van der Waals surface area (Å²) in [5, 5.41) is 3.62. The molecule has 1 fully saturated rings. The Morgan fingerprint density at radius 3 is 2.44 bits per heavy atom. The van der Waals surface area contributed by atoms with E-state index in [1.54, 1.807) is 0 Å². The predicted octanol–water partition coefficient (Wildman–Crippen LogP) is 3.50. The van der Waals surface area contributed by atoms with Gasteiger partial charge in [0.25, 0.3) is 0 Å². The summed E-state index contributed by atoms with van der Waals surface area (Å²) in [6, 6.07) is 4.77. The summed E-state index contributed by atoms with van der Waals surface area (Å²) in [5.41, 5.74) is 0. The molecule has 1 saturated carbocycles. The Kier molecular flexibility index (Phi) is 3.70. The molecule has 1 aliphatic carbocycles. The van der Waals surface area contributed by atoms with Crippen molar-refractivity contribution in [2.45, 2.75) is 52.6 Å². The van der Waals surface area contributed by atoms with Crippen LogP contribution in [0.5, 0.6) is 0 Å². The van der Waals surface area contributed by atoms with Crippen molar-refractivity contribution >= 4 is 0 Å². The highest BCUT2D eigenvalue weighted by Gasteiger charge is 2.23. The van der Waals surface area contributed by atoms with Crippen molar-refractivity contribution in [3.63, 3.8) is 0 Å². The zero-order chi connectivity index (χ0) is 11.5. The monoisotopic (exact) mass is 221 g/mol. The van der Waals surface area contributed by atoms with Gasteiger partial charge in [0.05, 0.1) is 6.54 Å². The second-order valence-electron chi connectivity index (χ2n) is 5.51. The molecule has 1 aromatic rings. The third-order valence-electron chi connectivity index (χ3n) is 3.54. The average Bonchev–Trinajstić information content (AvgIpc) is 2.60. The van der Waals surface area contributed by atoms with E-state index in [9.17, 15) is 0 Å². The Balaban J connectivity index is 1.81. The summed E-state index contributed by atoms with van der Waals surface area (Å²) >= 11 is 0. The van der Waals surface area contributed by atoms with Crippen LogP contribution in [-0.2, 0) is 6.54 Å². The summed E-state index contributed by atoms with van der Waals surface area (Å²) in [5.74, 6) is 3.78. The smallest absolute Gasteiger partial charge is 0.117 e. The van der Waals surface area contributed by atoms with Gasteiger partial charge in [0, 0.05) is 6.04 Å². The lowest BCUT2D eigenvalue weighted by atomic mass is 9.80. The fourth-order valence-electron chi connectivity index (χ4n) is 2.94. The van der Waals surface area contributed by atoms with Crippen molar-refractivity contribution in [1.29, 1.82) is 0 Å². The van der Waals surface area contributed by atoms with Crippen molar-refractivity contribution in [3.05, 3.63) is 23.7 Å². The van der Waals surface area contributed by atoms with Gasteiger partial charge < -0.3 is 9.73 Å². The topological polar surface area (TPSA) is 25.2 Å². The normalized spacial score (nSPS) is 30.6. The summed E-state index contributed by atoms with van der Waals surface area (Å²) < 4.78 is 5.57. The van der Waals surface area contributed by atoms with Crippen molar-refractivity contribution in [3.8, 4) is 0 Å². The minimum absolute atomic E-state index is 0.671. The molecule has 1 heterocycles. The van der Waals surface area contributed by atoms with E-state index in [1.807, 2.05) is 13.0 Å². The highest BCUT2D eigenvalue weighted by Crippen LogP contribution is 2.28. The van der Waals surface area contributed by atoms with Crippen molar-refractivity contribution in [1.82, 2.24) is 5.32 Å². The van der Waals surface area contributed by atoms with Gasteiger partial charge in [-0.05, 0) is 50.2 Å². The molecule has 0 saturated heterocycles. The molecular weight excluding hydrogens is 198 g/mol. The van der Waals surface area contributed by atoms with Crippen molar-refractivity contribution < 1.29 is 4.42 Å². The van der Waals surface area contributed by atoms with Crippen LogP contribution < -0.4 is 5.32 Å². The first-order valence-corrected chi connectivity index (χ1v) is 6.42. The Hall–Kier alpha value is -0.760. The van der Waals surface area contributed by atoms with Crippen molar-refractivity contribution in [2.24, 2.45) is 11.8 Å². The first-order chi connectivity index (χ1) is 7.63. The summed E-state index contributed by atoms with van der Waals surface area (Å²) in [6.45, 7) is 7.59. The van der Waals surface area contributed by atoms with Crippen molar-refractivity contribution in [2.75, 3.05) is 0 Å². The summed E-state index contributed by atoms with van der Waals surface area (Å²) in [7, 11) is 0. The molecular formula is C14H23NO. The van der Waals surface area contributed by atoms with Crippen LogP contribution in [0, 0.1) is 18.8 Å². The number of hydrogen-bond donors (Lipinski definition) is 1. The molecule has 1 aromatic heterocycles. The highest BCUT2D eigenvalue weighted by molar-refractivity contribution is 5.05. The van der Waals surface area contributed by atoms with E-state index in [1.165, 1.54) is 19.3 Å². The van der Waals surface area contributed by atoms with Gasteiger partial charge in [-0.3, -0.25) is 0 Å². The average molecular weight is 221 g/mol. The molecule has 0 aromatic carbocycles. The predicted molar refractivity (Wildman–Crippen MR) is 66.3 cm³/mol. The molecule has 2 heteroatoms. The van der Waals surface area contributed by atoms with Gasteiger partial charge >= 0.3 is 0 Å². The Labute approximate surface area is 98.4 Å². The molecule has 1 N–H and O–H groups in total. The third-order valence-corrected chi connectivity index (χ3v) is 3.54. The molecule has 16 heavy (non-hydrogen) atoms. The molecule has 0 bridgehead atoms. The van der Waals surface area contributed by atoms with Gasteiger partial charge in [0.1, 0.15) is 11.5 Å². The van der Waals surface area contributed by atoms with Crippen LogP contribution in [0.1, 0.15) is 44.6 Å². The Bertz CT molecular complexity index is 321. The number of nitrogens with one attached hydrogen (secondary N) is 1. The Morgan fingerprint density at radius 1 is 1.19 bits per heavy atom. The van der Waals surface area contributed by atoms with Gasteiger partial charge in [-0.25, -0.2) is 0 Å². The number of furan rings is 1. The highest BCUT2D eigenvalue weighted by atomic mass is 16.3. The van der Waals surface area contributed by atoms with Crippen LogP contribution in [0.2, 0.25) is 0 Å². The molecule has 2 rings (SSSR count). The second-order valence-corrected chi connectivity index (χ2v) is 5.51. The largest absolute Gasteiger partial charge is 0.465 e. The third kappa shape index (κ3) is 3.11. The van der Waals surface area contributed by atoms with E-state index in [-0.39, 0.29) is 0 Å². The summed E-state index contributed by atoms with van der Waals surface area (Å²) in [4.78, 5) is 0. The maximum Gasteiger partial charge on any atom is 0.117 e. The SMILES string of the molecule is Cc1ccc(CNC2CC(C)CC(C)C2)o1. The van der Waals surface area contributed by atoms with Crippen LogP contribution in [0.25, 0.3) is 0 Å². The molecule has 0 spiro atoms. The van der Waals surface area contributed by atoms with Gasteiger partial charge in [-0.2, -0.15) is 0 Å². The molecule has 90 valence electrons. The zero-order valence-electron chi connectivity index (χ0n) is 10.6. The first-order valence-electron chi connectivity index (χ1n) is 6.42. The van der Waals surface area contributed by atoms with E-state index in [2.05, 4.69) is 25.2 Å². The first kappa shape index (κ1) is 11.7. The number of rotatable bonds is 3. The van der Waals surface area contributed by atoms with Gasteiger partial charge in [0.15, 0.2) is 0 Å². The van der Waals surface area contributed by atoms with Gasteiger partial charge in [-0.1, -0.05) is 13.8 Å². The Morgan fingerprint density at radius 2 is 1.88 bits per heavy atom. The fraction of sp³-hybridized carbons (Fsp3) is 0.714. The molecule has 0 aliphatic heterocycles. The van der Waals surface area contributed by atoms with E-state index in [0.717, 1.165) is 29.9 Å². The molecule has 2 atom stereocenters. The quantitative estimate of drug-likeness (QED) is 0.845. The van der Waals surface area contributed by atoms with Crippen LogP contribution in [0.3, 0.4) is 0 Å². The number of hydrogen-bond acceptors (Lipinski definition) is 2. The lowest BCUT2D eigenvalue weighted by molar-refractivity contribution is 0.234. The minimum Gasteiger partial charge on any atom is -0.465 e. The molecule has 2 unspecified atom stereocenters. The molecule has 2 nitrogen and oxygen atoms in total. The maximum atomic E-state index is 5.57. The van der Waals surface area contributed by atoms with E-state index < -0.39 is 0 Å². The molecule has 0 amide bonds. The van der Waals surface area contributed by atoms with E-state index in [0.29, 0.717) is 6.04 Å².